The predicted octanol–water partition coefficient (Wildman–Crippen LogP) is 2.64. The summed E-state index contributed by atoms with van der Waals surface area (Å²) < 4.78 is 5.11. The SMILES string of the molecule is CN(Cc1cccc(OBO)c1)CC(O)c1ccc2ccccc2c1. The van der Waals surface area contributed by atoms with E-state index in [0.717, 1.165) is 16.5 Å². The third kappa shape index (κ3) is 4.60. The van der Waals surface area contributed by atoms with Gasteiger partial charge < -0.3 is 14.8 Å². The molecule has 5 heteroatoms. The molecule has 3 aromatic carbocycles. The second-order valence-electron chi connectivity index (χ2n) is 6.24. The van der Waals surface area contributed by atoms with Crippen LogP contribution in [0.15, 0.2) is 66.7 Å². The molecule has 0 saturated carbocycles. The fourth-order valence-corrected chi connectivity index (χ4v) is 3.00. The van der Waals surface area contributed by atoms with Crippen molar-refractivity contribution in [3.8, 4) is 5.75 Å². The van der Waals surface area contributed by atoms with Crippen LogP contribution in [0.25, 0.3) is 10.8 Å². The van der Waals surface area contributed by atoms with E-state index in [0.29, 0.717) is 18.8 Å². The highest BCUT2D eigenvalue weighted by Crippen LogP contribution is 2.22. The first-order valence-corrected chi connectivity index (χ1v) is 8.33. The van der Waals surface area contributed by atoms with E-state index >= 15 is 0 Å². The van der Waals surface area contributed by atoms with Crippen molar-refractivity contribution in [2.24, 2.45) is 0 Å². The van der Waals surface area contributed by atoms with Gasteiger partial charge in [-0.15, -0.1) is 0 Å². The van der Waals surface area contributed by atoms with Gasteiger partial charge >= 0.3 is 7.69 Å². The monoisotopic (exact) mass is 335 g/mol. The molecule has 0 heterocycles. The first kappa shape index (κ1) is 17.5. The van der Waals surface area contributed by atoms with Crippen LogP contribution in [0.1, 0.15) is 17.2 Å². The zero-order chi connectivity index (χ0) is 17.6. The van der Waals surface area contributed by atoms with Gasteiger partial charge in [-0.3, -0.25) is 4.90 Å². The Morgan fingerprint density at radius 3 is 2.60 bits per heavy atom. The molecule has 0 radical (unpaired) electrons. The maximum Gasteiger partial charge on any atom is 0.504 e. The van der Waals surface area contributed by atoms with E-state index in [1.807, 2.05) is 61.6 Å². The van der Waals surface area contributed by atoms with Crippen LogP contribution in [0.4, 0.5) is 0 Å². The number of benzene rings is 3. The van der Waals surface area contributed by atoms with Crippen molar-refractivity contribution >= 4 is 18.5 Å². The average molecular weight is 335 g/mol. The maximum atomic E-state index is 10.6. The molecular weight excluding hydrogens is 313 g/mol. The van der Waals surface area contributed by atoms with Crippen LogP contribution in [0.5, 0.6) is 5.75 Å². The highest BCUT2D eigenvalue weighted by molar-refractivity contribution is 6.17. The van der Waals surface area contributed by atoms with E-state index in [-0.39, 0.29) is 7.69 Å². The van der Waals surface area contributed by atoms with Crippen molar-refractivity contribution in [3.05, 3.63) is 77.9 Å². The van der Waals surface area contributed by atoms with E-state index in [9.17, 15) is 5.11 Å². The molecule has 0 spiro atoms. The summed E-state index contributed by atoms with van der Waals surface area (Å²) in [5, 5.41) is 21.7. The zero-order valence-electron chi connectivity index (χ0n) is 14.3. The van der Waals surface area contributed by atoms with Crippen molar-refractivity contribution in [1.29, 1.82) is 0 Å². The highest BCUT2D eigenvalue weighted by Gasteiger charge is 2.12. The Bertz CT molecular complexity index is 840. The van der Waals surface area contributed by atoms with E-state index in [2.05, 4.69) is 17.0 Å². The number of hydrogen-bond acceptors (Lipinski definition) is 4. The van der Waals surface area contributed by atoms with Crippen LogP contribution in [-0.4, -0.2) is 36.3 Å². The van der Waals surface area contributed by atoms with Gasteiger partial charge in [0.1, 0.15) is 5.75 Å². The van der Waals surface area contributed by atoms with Gasteiger partial charge in [0.2, 0.25) is 0 Å². The van der Waals surface area contributed by atoms with Gasteiger partial charge in [0.15, 0.2) is 0 Å². The molecule has 0 aromatic heterocycles. The first-order chi connectivity index (χ1) is 12.2. The number of nitrogens with zero attached hydrogens (tertiary/aromatic N) is 1. The summed E-state index contributed by atoms with van der Waals surface area (Å²) in [4.78, 5) is 2.07. The van der Waals surface area contributed by atoms with Crippen molar-refractivity contribution in [2.45, 2.75) is 12.6 Å². The first-order valence-electron chi connectivity index (χ1n) is 8.33. The van der Waals surface area contributed by atoms with Crippen molar-refractivity contribution in [3.63, 3.8) is 0 Å². The lowest BCUT2D eigenvalue weighted by Crippen LogP contribution is -2.24. The van der Waals surface area contributed by atoms with Gasteiger partial charge in [-0.1, -0.05) is 48.5 Å². The third-order valence-electron chi connectivity index (χ3n) is 4.23. The molecular formula is C20H22BNO3. The topological polar surface area (TPSA) is 52.9 Å². The molecule has 25 heavy (non-hydrogen) atoms. The van der Waals surface area contributed by atoms with Crippen LogP contribution in [0.3, 0.4) is 0 Å². The molecule has 0 amide bonds. The molecule has 0 aliphatic heterocycles. The average Bonchev–Trinajstić information content (AvgIpc) is 2.61. The van der Waals surface area contributed by atoms with Crippen LogP contribution in [0.2, 0.25) is 0 Å². The Morgan fingerprint density at radius 1 is 1.00 bits per heavy atom. The number of fused-ring (bicyclic) bond motifs is 1. The number of likely N-dealkylation sites (N-methyl/N-ethyl adjacent to an activating group) is 1. The summed E-state index contributed by atoms with van der Waals surface area (Å²) in [5.74, 6) is 0.642. The minimum atomic E-state index is -0.550. The molecule has 0 saturated heterocycles. The standard InChI is InChI=1S/C20H22BNO3/c1-22(13-15-5-4-8-19(11-15)25-21-24)14-20(23)18-10-9-16-6-2-3-7-17(16)12-18/h2-12,20-21,23-24H,13-14H2,1H3. The van der Waals surface area contributed by atoms with Crippen molar-refractivity contribution in [1.82, 2.24) is 4.90 Å². The van der Waals surface area contributed by atoms with E-state index in [1.54, 1.807) is 0 Å². The van der Waals surface area contributed by atoms with Gasteiger partial charge in [-0.05, 0) is 47.1 Å². The minimum absolute atomic E-state index is 0.333. The largest absolute Gasteiger partial charge is 0.539 e. The van der Waals surface area contributed by atoms with E-state index < -0.39 is 6.10 Å². The summed E-state index contributed by atoms with van der Waals surface area (Å²) >= 11 is 0. The Morgan fingerprint density at radius 2 is 1.80 bits per heavy atom. The number of hydrogen-bond donors (Lipinski definition) is 2. The normalized spacial score (nSPS) is 12.3. The van der Waals surface area contributed by atoms with Gasteiger partial charge in [0.25, 0.3) is 0 Å². The van der Waals surface area contributed by atoms with Gasteiger partial charge in [-0.25, -0.2) is 0 Å². The summed E-state index contributed by atoms with van der Waals surface area (Å²) in [7, 11) is 1.64. The second kappa shape index (κ2) is 8.16. The van der Waals surface area contributed by atoms with Crippen LogP contribution >= 0.6 is 0 Å². The Kier molecular flexibility index (Phi) is 5.71. The lowest BCUT2D eigenvalue weighted by atomic mass is 10.0. The molecule has 0 bridgehead atoms. The van der Waals surface area contributed by atoms with Gasteiger partial charge in [0, 0.05) is 13.1 Å². The summed E-state index contributed by atoms with van der Waals surface area (Å²) in [6.07, 6.45) is -0.550. The quantitative estimate of drug-likeness (QED) is 0.652. The number of aliphatic hydroxyl groups excluding tert-OH is 1. The predicted molar refractivity (Wildman–Crippen MR) is 102 cm³/mol. The molecule has 1 atom stereocenters. The lowest BCUT2D eigenvalue weighted by molar-refractivity contribution is 0.124. The molecule has 2 N–H and O–H groups in total. The minimum Gasteiger partial charge on any atom is -0.539 e. The molecule has 128 valence electrons. The fraction of sp³-hybridized carbons (Fsp3) is 0.200. The molecule has 0 fully saturated rings. The second-order valence-corrected chi connectivity index (χ2v) is 6.24. The summed E-state index contributed by atoms with van der Waals surface area (Å²) in [6, 6.07) is 21.8. The highest BCUT2D eigenvalue weighted by atomic mass is 16.5. The maximum absolute atomic E-state index is 10.6. The lowest BCUT2D eigenvalue weighted by Gasteiger charge is -2.21. The summed E-state index contributed by atoms with van der Waals surface area (Å²) in [6.45, 7) is 1.22. The molecule has 0 aliphatic rings. The molecule has 3 aromatic rings. The summed E-state index contributed by atoms with van der Waals surface area (Å²) in [5.41, 5.74) is 1.99. The molecule has 0 aliphatic carbocycles. The molecule has 1 unspecified atom stereocenters. The van der Waals surface area contributed by atoms with E-state index in [1.165, 1.54) is 5.39 Å². The third-order valence-corrected chi connectivity index (χ3v) is 4.23. The van der Waals surface area contributed by atoms with Crippen molar-refractivity contribution in [2.75, 3.05) is 13.6 Å². The van der Waals surface area contributed by atoms with Crippen molar-refractivity contribution < 1.29 is 14.8 Å². The Balaban J connectivity index is 1.65. The smallest absolute Gasteiger partial charge is 0.504 e. The van der Waals surface area contributed by atoms with Gasteiger partial charge in [0.05, 0.1) is 6.10 Å². The van der Waals surface area contributed by atoms with Crippen LogP contribution in [-0.2, 0) is 6.54 Å². The Labute approximate surface area is 148 Å². The number of aliphatic hydroxyl groups is 1. The molecule has 4 nitrogen and oxygen atoms in total. The van der Waals surface area contributed by atoms with Crippen LogP contribution in [0, 0.1) is 0 Å². The van der Waals surface area contributed by atoms with Gasteiger partial charge in [-0.2, -0.15) is 0 Å². The zero-order valence-corrected chi connectivity index (χ0v) is 14.3. The van der Waals surface area contributed by atoms with E-state index in [4.69, 9.17) is 9.68 Å². The van der Waals surface area contributed by atoms with Crippen LogP contribution < -0.4 is 4.65 Å². The number of rotatable bonds is 7. The molecule has 3 rings (SSSR count). The Hall–Kier alpha value is -2.34. The fourth-order valence-electron chi connectivity index (χ4n) is 3.00.